The van der Waals surface area contributed by atoms with Gasteiger partial charge in [0.2, 0.25) is 0 Å². The molecule has 0 atom stereocenters. The van der Waals surface area contributed by atoms with Crippen molar-refractivity contribution in [3.63, 3.8) is 0 Å². The van der Waals surface area contributed by atoms with Crippen molar-refractivity contribution in [2.45, 2.75) is 64.8 Å². The number of rotatable bonds is 7. The molecule has 4 rings (SSSR count). The zero-order valence-corrected chi connectivity index (χ0v) is 19.9. The van der Waals surface area contributed by atoms with Crippen LogP contribution in [0.5, 0.6) is 5.75 Å². The van der Waals surface area contributed by atoms with Gasteiger partial charge in [0.05, 0.1) is 17.2 Å². The number of benzene rings is 2. The molecule has 168 valence electrons. The van der Waals surface area contributed by atoms with Crippen LogP contribution in [0.1, 0.15) is 63.5 Å². The van der Waals surface area contributed by atoms with E-state index in [9.17, 15) is 4.79 Å². The van der Waals surface area contributed by atoms with Crippen molar-refractivity contribution in [3.05, 3.63) is 64.6 Å². The molecule has 0 bridgehead atoms. The van der Waals surface area contributed by atoms with Gasteiger partial charge in [0.15, 0.2) is 5.17 Å². The number of aryl methyl sites for hydroxylation is 1. The van der Waals surface area contributed by atoms with Crippen molar-refractivity contribution in [2.75, 3.05) is 6.61 Å². The van der Waals surface area contributed by atoms with Crippen LogP contribution in [-0.2, 0) is 11.2 Å². The molecule has 1 amide bonds. The van der Waals surface area contributed by atoms with E-state index in [1.54, 1.807) is 0 Å². The Kier molecular flexibility index (Phi) is 7.69. The Bertz CT molecular complexity index is 991. The third-order valence-corrected chi connectivity index (χ3v) is 7.00. The molecule has 2 aromatic rings. The van der Waals surface area contributed by atoms with E-state index < -0.39 is 0 Å². The molecule has 0 spiro atoms. The van der Waals surface area contributed by atoms with E-state index in [-0.39, 0.29) is 11.9 Å². The number of nitrogens with zero attached hydrogens (tertiary/aromatic N) is 2. The van der Waals surface area contributed by atoms with Crippen molar-refractivity contribution < 1.29 is 9.53 Å². The topological polar surface area (TPSA) is 41.9 Å². The highest BCUT2D eigenvalue weighted by atomic mass is 32.2. The van der Waals surface area contributed by atoms with Crippen LogP contribution in [-0.4, -0.2) is 28.6 Å². The summed E-state index contributed by atoms with van der Waals surface area (Å²) in [6, 6.07) is 16.4. The predicted molar refractivity (Wildman–Crippen MR) is 134 cm³/mol. The summed E-state index contributed by atoms with van der Waals surface area (Å²) in [5, 5.41) is 0.817. The fraction of sp³-hybridized carbons (Fsp3) is 0.407. The number of ether oxygens (including phenoxy) is 1. The van der Waals surface area contributed by atoms with Gasteiger partial charge in [-0.25, -0.2) is 4.99 Å². The molecule has 0 radical (unpaired) electrons. The molecule has 5 heteroatoms. The number of aliphatic imine (C=N–C) groups is 1. The maximum atomic E-state index is 13.5. The Morgan fingerprint density at radius 3 is 2.53 bits per heavy atom. The fourth-order valence-corrected chi connectivity index (χ4v) is 5.33. The number of amidine groups is 1. The van der Waals surface area contributed by atoms with Crippen LogP contribution in [0.25, 0.3) is 6.08 Å². The maximum absolute atomic E-state index is 13.5. The van der Waals surface area contributed by atoms with E-state index in [0.29, 0.717) is 6.61 Å². The molecule has 1 heterocycles. The monoisotopic (exact) mass is 448 g/mol. The van der Waals surface area contributed by atoms with Gasteiger partial charge in [-0.15, -0.1) is 0 Å². The number of carbonyl (C=O) groups excluding carboxylic acids is 1. The summed E-state index contributed by atoms with van der Waals surface area (Å²) in [4.78, 5) is 21.2. The molecular formula is C27H32N2O2S. The van der Waals surface area contributed by atoms with E-state index in [4.69, 9.17) is 9.73 Å². The van der Waals surface area contributed by atoms with Crippen LogP contribution in [0.15, 0.2) is 58.4 Å². The molecule has 2 aliphatic rings. The molecule has 2 fully saturated rings. The number of hydrogen-bond acceptors (Lipinski definition) is 4. The van der Waals surface area contributed by atoms with Gasteiger partial charge in [-0.2, -0.15) is 0 Å². The zero-order chi connectivity index (χ0) is 22.3. The number of para-hydroxylation sites is 1. The average Bonchev–Trinajstić information content (AvgIpc) is 3.13. The van der Waals surface area contributed by atoms with E-state index in [1.807, 2.05) is 53.4 Å². The highest BCUT2D eigenvalue weighted by molar-refractivity contribution is 8.18. The standard InChI is InChI=1S/C27H32N2O2S/c1-3-18-31-23-16-14-20(15-17-23)19-25-26(30)29(22-11-6-5-7-12-22)27(32-25)28-24-13-9-8-10-21(24)4-2/h8-10,13-17,19,22H,3-7,11-12,18H2,1-2H3/b25-19+,28-27?. The SMILES string of the molecule is CCCOc1ccc(/C=C2/SC(=Nc3ccccc3CC)N(C3CCCCC3)C2=O)cc1. The summed E-state index contributed by atoms with van der Waals surface area (Å²) >= 11 is 1.50. The lowest BCUT2D eigenvalue weighted by atomic mass is 9.94. The minimum Gasteiger partial charge on any atom is -0.494 e. The summed E-state index contributed by atoms with van der Waals surface area (Å²) in [5.41, 5.74) is 3.17. The van der Waals surface area contributed by atoms with Crippen LogP contribution in [0, 0.1) is 0 Å². The summed E-state index contributed by atoms with van der Waals surface area (Å²) in [5.74, 6) is 0.947. The smallest absolute Gasteiger partial charge is 0.267 e. The minimum absolute atomic E-state index is 0.0842. The first kappa shape index (κ1) is 22.7. The van der Waals surface area contributed by atoms with Gasteiger partial charge in [0.1, 0.15) is 5.75 Å². The largest absolute Gasteiger partial charge is 0.494 e. The second-order valence-electron chi connectivity index (χ2n) is 8.37. The first-order valence-corrected chi connectivity index (χ1v) is 12.6. The Morgan fingerprint density at radius 1 is 1.06 bits per heavy atom. The molecule has 2 aromatic carbocycles. The summed E-state index contributed by atoms with van der Waals surface area (Å²) in [6.07, 6.45) is 9.61. The van der Waals surface area contributed by atoms with Gasteiger partial charge in [-0.1, -0.05) is 63.4 Å². The van der Waals surface area contributed by atoms with Gasteiger partial charge in [0, 0.05) is 6.04 Å². The average molecular weight is 449 g/mol. The third kappa shape index (κ3) is 5.26. The lowest BCUT2D eigenvalue weighted by Crippen LogP contribution is -2.40. The Morgan fingerprint density at radius 2 is 1.81 bits per heavy atom. The highest BCUT2D eigenvalue weighted by Crippen LogP contribution is 2.39. The van der Waals surface area contributed by atoms with Crippen molar-refractivity contribution >= 4 is 34.6 Å². The van der Waals surface area contributed by atoms with Crippen molar-refractivity contribution in [1.29, 1.82) is 0 Å². The molecule has 0 N–H and O–H groups in total. The molecule has 1 saturated carbocycles. The van der Waals surface area contributed by atoms with Gasteiger partial charge >= 0.3 is 0 Å². The summed E-state index contributed by atoms with van der Waals surface area (Å²) < 4.78 is 5.68. The number of amides is 1. The van der Waals surface area contributed by atoms with Crippen molar-refractivity contribution in [1.82, 2.24) is 4.90 Å². The number of carbonyl (C=O) groups is 1. The minimum atomic E-state index is 0.0842. The first-order valence-electron chi connectivity index (χ1n) is 11.8. The second kappa shape index (κ2) is 10.9. The van der Waals surface area contributed by atoms with Crippen molar-refractivity contribution in [3.8, 4) is 5.75 Å². The highest BCUT2D eigenvalue weighted by Gasteiger charge is 2.38. The molecule has 0 unspecified atom stereocenters. The number of hydrogen-bond donors (Lipinski definition) is 0. The van der Waals surface area contributed by atoms with Gasteiger partial charge < -0.3 is 4.74 Å². The van der Waals surface area contributed by atoms with E-state index in [2.05, 4.69) is 19.9 Å². The fourth-order valence-electron chi connectivity index (χ4n) is 4.28. The molecule has 32 heavy (non-hydrogen) atoms. The Labute approximate surface area is 195 Å². The van der Waals surface area contributed by atoms with E-state index in [0.717, 1.165) is 52.8 Å². The van der Waals surface area contributed by atoms with Crippen LogP contribution >= 0.6 is 11.8 Å². The Hall–Kier alpha value is -2.53. The molecule has 1 saturated heterocycles. The van der Waals surface area contributed by atoms with E-state index in [1.165, 1.54) is 36.6 Å². The third-order valence-electron chi connectivity index (χ3n) is 6.02. The lowest BCUT2D eigenvalue weighted by Gasteiger charge is -2.30. The Balaban J connectivity index is 1.64. The molecule has 1 aliphatic heterocycles. The summed E-state index contributed by atoms with van der Waals surface area (Å²) in [6.45, 7) is 4.95. The van der Waals surface area contributed by atoms with Crippen LogP contribution in [0.3, 0.4) is 0 Å². The maximum Gasteiger partial charge on any atom is 0.267 e. The summed E-state index contributed by atoms with van der Waals surface area (Å²) in [7, 11) is 0. The molecular weight excluding hydrogens is 416 g/mol. The predicted octanol–water partition coefficient (Wildman–Crippen LogP) is 6.97. The first-order chi connectivity index (χ1) is 15.7. The quantitative estimate of drug-likeness (QED) is 0.429. The van der Waals surface area contributed by atoms with Crippen LogP contribution in [0.4, 0.5) is 5.69 Å². The van der Waals surface area contributed by atoms with Crippen LogP contribution in [0.2, 0.25) is 0 Å². The molecule has 0 aromatic heterocycles. The normalized spacial score (nSPS) is 19.8. The lowest BCUT2D eigenvalue weighted by molar-refractivity contribution is -0.124. The van der Waals surface area contributed by atoms with Crippen LogP contribution < -0.4 is 4.74 Å². The van der Waals surface area contributed by atoms with Gasteiger partial charge in [-0.3, -0.25) is 9.69 Å². The van der Waals surface area contributed by atoms with Crippen molar-refractivity contribution in [2.24, 2.45) is 4.99 Å². The van der Waals surface area contributed by atoms with E-state index >= 15 is 0 Å². The van der Waals surface area contributed by atoms with Gasteiger partial charge in [-0.05, 0) is 72.8 Å². The zero-order valence-electron chi connectivity index (χ0n) is 19.0. The van der Waals surface area contributed by atoms with Gasteiger partial charge in [0.25, 0.3) is 5.91 Å². The molecule has 4 nitrogen and oxygen atoms in total. The second-order valence-corrected chi connectivity index (χ2v) is 9.38. The molecule has 1 aliphatic carbocycles. The number of thioether (sulfide) groups is 1.